The highest BCUT2D eigenvalue weighted by atomic mass is 15.2. The second-order valence-electron chi connectivity index (χ2n) is 32.7. The summed E-state index contributed by atoms with van der Waals surface area (Å²) in [5.74, 6) is 0. The minimum Gasteiger partial charge on any atom is -0.311 e. The molecule has 3 heterocycles. The van der Waals surface area contributed by atoms with Gasteiger partial charge in [-0.15, -0.1) is 0 Å². The van der Waals surface area contributed by atoms with Gasteiger partial charge < -0.3 is 14.7 Å². The molecule has 121 heavy (non-hydrogen) atoms. The molecule has 0 atom stereocenters. The summed E-state index contributed by atoms with van der Waals surface area (Å²) in [5, 5.41) is 0. The third kappa shape index (κ3) is 10.3. The Morgan fingerprint density at radius 2 is 0.430 bits per heavy atom. The Balaban J connectivity index is 0.801. The summed E-state index contributed by atoms with van der Waals surface area (Å²) in [7, 11) is 0. The van der Waals surface area contributed by atoms with Gasteiger partial charge in [0.25, 0.3) is 6.71 Å². The summed E-state index contributed by atoms with van der Waals surface area (Å²) >= 11 is 0. The molecule has 19 aromatic rings. The Bertz CT molecular complexity index is 6770. The summed E-state index contributed by atoms with van der Waals surface area (Å²) in [6, 6.07) is 179. The van der Waals surface area contributed by atoms with Crippen molar-refractivity contribution in [2.45, 2.75) is 16.2 Å². The summed E-state index contributed by atoms with van der Waals surface area (Å²) in [6.45, 7) is -0.283. The molecule has 5 aliphatic rings. The highest BCUT2D eigenvalue weighted by Gasteiger charge is 2.52. The molecule has 3 aliphatic heterocycles. The Labute approximate surface area is 707 Å². The van der Waals surface area contributed by atoms with Gasteiger partial charge in [-0.2, -0.15) is 0 Å². The minimum atomic E-state index is -0.711. The maximum Gasteiger partial charge on any atom is 0.252 e. The van der Waals surface area contributed by atoms with Gasteiger partial charge in [-0.25, -0.2) is 0 Å². The molecule has 0 radical (unpaired) electrons. The molecule has 0 spiro atoms. The second-order valence-corrected chi connectivity index (χ2v) is 32.7. The fourth-order valence-electron chi connectivity index (χ4n) is 22.0. The van der Waals surface area contributed by atoms with Crippen LogP contribution in [0.4, 0.5) is 51.2 Å². The van der Waals surface area contributed by atoms with Crippen LogP contribution in [0.5, 0.6) is 0 Å². The predicted octanol–water partition coefficient (Wildman–Crippen LogP) is 27.3. The number of hydrogen-bond acceptors (Lipinski definition) is 3. The molecule has 0 unspecified atom stereocenters. The van der Waals surface area contributed by atoms with Crippen LogP contribution in [0, 0.1) is 0 Å². The maximum atomic E-state index is 2.66. The van der Waals surface area contributed by atoms with Crippen LogP contribution in [0.25, 0.3) is 66.8 Å². The van der Waals surface area contributed by atoms with E-state index in [0.717, 1.165) is 95.7 Å². The Hall–Kier alpha value is -15.4. The van der Waals surface area contributed by atoms with Gasteiger partial charge in [-0.3, -0.25) is 0 Å². The van der Waals surface area contributed by atoms with Gasteiger partial charge >= 0.3 is 0 Å². The first-order valence-electron chi connectivity index (χ1n) is 42.2. The average molecular weight is 1540 g/mol. The molecule has 0 saturated carbocycles. The molecule has 0 amide bonds. The van der Waals surface area contributed by atoms with Crippen molar-refractivity contribution in [3.05, 3.63) is 540 Å². The van der Waals surface area contributed by atoms with Crippen molar-refractivity contribution in [3.63, 3.8) is 0 Å². The van der Waals surface area contributed by atoms with E-state index in [4.69, 9.17) is 0 Å². The lowest BCUT2D eigenvalue weighted by Gasteiger charge is -2.48. The summed E-state index contributed by atoms with van der Waals surface area (Å²) in [4.78, 5) is 7.93. The van der Waals surface area contributed by atoms with Gasteiger partial charge in [0.15, 0.2) is 0 Å². The number of benzene rings is 19. The monoisotopic (exact) mass is 1540 g/mol. The molecule has 0 N–H and O–H groups in total. The molecule has 564 valence electrons. The van der Waals surface area contributed by atoms with Gasteiger partial charge in [0.2, 0.25) is 0 Å². The van der Waals surface area contributed by atoms with E-state index in [1.807, 2.05) is 0 Å². The normalized spacial score (nSPS) is 14.1. The smallest absolute Gasteiger partial charge is 0.252 e. The predicted molar refractivity (Wildman–Crippen MR) is 503 cm³/mol. The molecule has 0 aromatic heterocycles. The molecular formula is C117H78BN3. The number of para-hydroxylation sites is 4. The lowest BCUT2D eigenvalue weighted by atomic mass is 9.33. The maximum absolute atomic E-state index is 2.66. The standard InChI is InChI=1S/C117H78BN3/c1-9-37-79(38-10-1)81-67-71-110-104(75-81)118-105-76-82(80-39-11-2-12-40-80)68-72-111(105)121(107-62-34-28-54-93(107)84-66-70-101-97(74-84)95-56-26-30-58-99(95)116(101,87-45-17-5-18-46-87)88-47-19-6-20-48-88)113-78-91(119-108-63-35-31-59-102(108)117(89-49-21-7-22-50-89,90-51-23-8-24-52-90)103-60-32-36-64-109(103)119)77-112(114(113)118)120(110)106-61-33-27-53-92(106)83-65-69-100-96(73-83)94-55-25-29-57-98(94)115(100,85-41-13-3-14-42-85)86-43-15-4-16-44-86/h1-78H. The fraction of sp³-hybridized carbons (Fsp3) is 0.0256. The van der Waals surface area contributed by atoms with Crippen LogP contribution in [0.15, 0.2) is 473 Å². The molecule has 0 bridgehead atoms. The first kappa shape index (κ1) is 69.9. The van der Waals surface area contributed by atoms with E-state index in [2.05, 4.69) is 488 Å². The Kier molecular flexibility index (Phi) is 16.1. The van der Waals surface area contributed by atoms with Crippen molar-refractivity contribution >= 4 is 74.3 Å². The van der Waals surface area contributed by atoms with E-state index in [0.29, 0.717) is 0 Å². The fourth-order valence-corrected chi connectivity index (χ4v) is 22.0. The van der Waals surface area contributed by atoms with Crippen molar-refractivity contribution in [2.75, 3.05) is 14.7 Å². The lowest BCUT2D eigenvalue weighted by Crippen LogP contribution is -2.61. The zero-order valence-corrected chi connectivity index (χ0v) is 66.5. The van der Waals surface area contributed by atoms with E-state index in [1.54, 1.807) is 0 Å². The summed E-state index contributed by atoms with van der Waals surface area (Å²) in [5.41, 5.74) is 40.5. The summed E-state index contributed by atoms with van der Waals surface area (Å²) in [6.07, 6.45) is 0. The van der Waals surface area contributed by atoms with Crippen LogP contribution in [0.1, 0.15) is 66.8 Å². The minimum absolute atomic E-state index is 0.283. The van der Waals surface area contributed by atoms with Crippen LogP contribution < -0.4 is 31.1 Å². The number of hydrogen-bond donors (Lipinski definition) is 0. The van der Waals surface area contributed by atoms with Gasteiger partial charge in [0.1, 0.15) is 0 Å². The second kappa shape index (κ2) is 27.9. The van der Waals surface area contributed by atoms with E-state index < -0.39 is 16.2 Å². The van der Waals surface area contributed by atoms with Crippen molar-refractivity contribution in [1.29, 1.82) is 0 Å². The van der Waals surface area contributed by atoms with Crippen LogP contribution in [-0.4, -0.2) is 6.71 Å². The van der Waals surface area contributed by atoms with Crippen LogP contribution in [-0.2, 0) is 16.2 Å². The van der Waals surface area contributed by atoms with E-state index >= 15 is 0 Å². The van der Waals surface area contributed by atoms with Crippen LogP contribution in [0.2, 0.25) is 0 Å². The highest BCUT2D eigenvalue weighted by molar-refractivity contribution is 7.00. The zero-order valence-electron chi connectivity index (χ0n) is 66.5. The Morgan fingerprint density at radius 1 is 0.157 bits per heavy atom. The van der Waals surface area contributed by atoms with E-state index in [-0.39, 0.29) is 6.71 Å². The number of rotatable bonds is 13. The third-order valence-corrected chi connectivity index (χ3v) is 26.9. The first-order chi connectivity index (χ1) is 60.1. The van der Waals surface area contributed by atoms with Gasteiger partial charge in [-0.05, 0) is 199 Å². The number of anilines is 9. The van der Waals surface area contributed by atoms with E-state index in [9.17, 15) is 0 Å². The Morgan fingerprint density at radius 3 is 0.785 bits per heavy atom. The summed E-state index contributed by atoms with van der Waals surface area (Å²) < 4.78 is 0. The van der Waals surface area contributed by atoms with Crippen LogP contribution >= 0.6 is 0 Å². The zero-order chi connectivity index (χ0) is 79.7. The number of nitrogens with zero attached hydrogens (tertiary/aromatic N) is 3. The quantitative estimate of drug-likeness (QED) is 0.107. The van der Waals surface area contributed by atoms with Crippen molar-refractivity contribution < 1.29 is 0 Å². The highest BCUT2D eigenvalue weighted by Crippen LogP contribution is 2.63. The molecule has 4 heteroatoms. The van der Waals surface area contributed by atoms with Crippen molar-refractivity contribution in [1.82, 2.24) is 0 Å². The average Bonchev–Trinajstić information content (AvgIpc) is 1.44. The topological polar surface area (TPSA) is 9.72 Å². The molecule has 2 aliphatic carbocycles. The molecule has 0 fully saturated rings. The largest absolute Gasteiger partial charge is 0.311 e. The lowest BCUT2D eigenvalue weighted by molar-refractivity contribution is 0.731. The van der Waals surface area contributed by atoms with Gasteiger partial charge in [0, 0.05) is 33.9 Å². The molecule has 0 saturated heterocycles. The van der Waals surface area contributed by atoms with Crippen molar-refractivity contribution in [2.24, 2.45) is 0 Å². The molecule has 24 rings (SSSR count). The first-order valence-corrected chi connectivity index (χ1v) is 42.2. The molecular weight excluding hydrogens is 1460 g/mol. The molecule has 19 aromatic carbocycles. The van der Waals surface area contributed by atoms with Gasteiger partial charge in [-0.1, -0.05) is 413 Å². The van der Waals surface area contributed by atoms with Gasteiger partial charge in [0.05, 0.1) is 44.7 Å². The number of fused-ring (bicyclic) bond motifs is 12. The van der Waals surface area contributed by atoms with E-state index in [1.165, 1.54) is 105 Å². The van der Waals surface area contributed by atoms with Crippen molar-refractivity contribution in [3.8, 4) is 66.8 Å². The molecule has 3 nitrogen and oxygen atoms in total. The third-order valence-electron chi connectivity index (χ3n) is 26.9. The SMILES string of the molecule is c1ccc(-c2ccc3c(c2)B2c4cc(-c5ccccc5)ccc4N(c4ccccc4-c4ccc5c(c4)-c4ccccc4C5(c4ccccc4)c4ccccc4)c4cc(N5c6ccccc6C(c6ccccc6)(c6ccccc6)c6ccccc65)cc(c42)N3c2ccccc2-c2ccc3c(c2)-c2ccccc2C3(c2ccccc2)c2ccccc2)cc1. The van der Waals surface area contributed by atoms with Crippen LogP contribution in [0.3, 0.4) is 0 Å².